The average molecular weight is 340 g/mol. The van der Waals surface area contributed by atoms with Crippen molar-refractivity contribution < 1.29 is 9.53 Å². The minimum atomic E-state index is -0.0743. The standard InChI is InChI=1S/C16H28N4O2S/c1-5-13(3)19(4)7-6-17-16(21)20-8-9-22-10-14(20)15-18-12(2)11-23-15/h11,13-14H,5-10H2,1-4H3,(H,17,21). The molecule has 1 aliphatic heterocycles. The zero-order valence-corrected chi connectivity index (χ0v) is 15.4. The first-order valence-electron chi connectivity index (χ1n) is 8.27. The minimum Gasteiger partial charge on any atom is -0.377 e. The van der Waals surface area contributed by atoms with E-state index in [4.69, 9.17) is 4.74 Å². The zero-order chi connectivity index (χ0) is 16.8. The van der Waals surface area contributed by atoms with Crippen LogP contribution in [-0.2, 0) is 4.74 Å². The smallest absolute Gasteiger partial charge is 0.318 e. The van der Waals surface area contributed by atoms with Gasteiger partial charge in [0.2, 0.25) is 0 Å². The fraction of sp³-hybridized carbons (Fsp3) is 0.750. The van der Waals surface area contributed by atoms with Crippen molar-refractivity contribution in [1.82, 2.24) is 20.1 Å². The molecule has 2 heterocycles. The van der Waals surface area contributed by atoms with Gasteiger partial charge < -0.3 is 19.9 Å². The van der Waals surface area contributed by atoms with E-state index in [-0.39, 0.29) is 12.1 Å². The second-order valence-corrected chi connectivity index (χ2v) is 6.97. The summed E-state index contributed by atoms with van der Waals surface area (Å²) < 4.78 is 5.55. The highest BCUT2D eigenvalue weighted by Crippen LogP contribution is 2.26. The molecule has 130 valence electrons. The Morgan fingerprint density at radius 1 is 1.65 bits per heavy atom. The Kier molecular flexibility index (Phi) is 6.80. The topological polar surface area (TPSA) is 57.7 Å². The molecular formula is C16H28N4O2S. The number of urea groups is 1. The van der Waals surface area contributed by atoms with Gasteiger partial charge in [-0.15, -0.1) is 11.3 Å². The fourth-order valence-electron chi connectivity index (χ4n) is 2.55. The number of rotatable bonds is 6. The number of thiazole rings is 1. The molecule has 1 fully saturated rings. The molecule has 0 spiro atoms. The van der Waals surface area contributed by atoms with Crippen molar-refractivity contribution in [3.63, 3.8) is 0 Å². The molecule has 1 aliphatic rings. The third kappa shape index (κ3) is 4.89. The van der Waals surface area contributed by atoms with Gasteiger partial charge in [0.1, 0.15) is 11.0 Å². The van der Waals surface area contributed by atoms with Crippen LogP contribution >= 0.6 is 11.3 Å². The number of hydrogen-bond donors (Lipinski definition) is 1. The van der Waals surface area contributed by atoms with Gasteiger partial charge in [0.15, 0.2) is 0 Å². The van der Waals surface area contributed by atoms with Crippen molar-refractivity contribution in [2.75, 3.05) is 39.9 Å². The van der Waals surface area contributed by atoms with Crippen molar-refractivity contribution in [2.24, 2.45) is 0 Å². The number of carbonyl (C=O) groups is 1. The number of nitrogens with zero attached hydrogens (tertiary/aromatic N) is 3. The summed E-state index contributed by atoms with van der Waals surface area (Å²) in [4.78, 5) is 21.2. The number of nitrogens with one attached hydrogen (secondary N) is 1. The molecule has 1 N–H and O–H groups in total. The van der Waals surface area contributed by atoms with Crippen LogP contribution in [0.5, 0.6) is 0 Å². The van der Waals surface area contributed by atoms with Crippen LogP contribution in [0.4, 0.5) is 4.79 Å². The summed E-state index contributed by atoms with van der Waals surface area (Å²) in [5, 5.41) is 6.00. The molecular weight excluding hydrogens is 312 g/mol. The van der Waals surface area contributed by atoms with Crippen LogP contribution in [0.1, 0.15) is 37.0 Å². The van der Waals surface area contributed by atoms with Crippen LogP contribution in [0.3, 0.4) is 0 Å². The van der Waals surface area contributed by atoms with E-state index >= 15 is 0 Å². The van der Waals surface area contributed by atoms with Crippen LogP contribution in [0.25, 0.3) is 0 Å². The van der Waals surface area contributed by atoms with E-state index in [1.54, 1.807) is 11.3 Å². The summed E-state index contributed by atoms with van der Waals surface area (Å²) in [6.45, 7) is 9.56. The molecule has 2 amide bonds. The Morgan fingerprint density at radius 3 is 3.09 bits per heavy atom. The molecule has 6 nitrogen and oxygen atoms in total. The maximum atomic E-state index is 12.5. The van der Waals surface area contributed by atoms with E-state index in [0.29, 0.717) is 32.3 Å². The lowest BCUT2D eigenvalue weighted by atomic mass is 10.2. The normalized spacial score (nSPS) is 19.9. The average Bonchev–Trinajstić information content (AvgIpc) is 3.00. The van der Waals surface area contributed by atoms with Crippen LogP contribution < -0.4 is 5.32 Å². The van der Waals surface area contributed by atoms with Gasteiger partial charge >= 0.3 is 6.03 Å². The highest BCUT2D eigenvalue weighted by Gasteiger charge is 2.30. The maximum absolute atomic E-state index is 12.5. The molecule has 2 rings (SSSR count). The molecule has 0 radical (unpaired) electrons. The van der Waals surface area contributed by atoms with E-state index < -0.39 is 0 Å². The largest absolute Gasteiger partial charge is 0.377 e. The molecule has 0 aliphatic carbocycles. The van der Waals surface area contributed by atoms with Crippen molar-refractivity contribution in [3.05, 3.63) is 16.1 Å². The summed E-state index contributed by atoms with van der Waals surface area (Å²) in [7, 11) is 2.09. The second kappa shape index (κ2) is 8.61. The van der Waals surface area contributed by atoms with Gasteiger partial charge in [-0.3, -0.25) is 0 Å². The van der Waals surface area contributed by atoms with Gasteiger partial charge in [0, 0.05) is 36.8 Å². The van der Waals surface area contributed by atoms with Crippen molar-refractivity contribution in [1.29, 1.82) is 0 Å². The summed E-state index contributed by atoms with van der Waals surface area (Å²) in [6, 6.07) is 0.430. The Bertz CT molecular complexity index is 508. The minimum absolute atomic E-state index is 0.0243. The Balaban J connectivity index is 1.88. The van der Waals surface area contributed by atoms with Crippen molar-refractivity contribution in [2.45, 2.75) is 39.3 Å². The van der Waals surface area contributed by atoms with E-state index in [2.05, 4.69) is 36.1 Å². The molecule has 0 saturated carbocycles. The van der Waals surface area contributed by atoms with Crippen molar-refractivity contribution >= 4 is 17.4 Å². The van der Waals surface area contributed by atoms with Gasteiger partial charge in [-0.05, 0) is 27.3 Å². The van der Waals surface area contributed by atoms with Crippen LogP contribution in [0.15, 0.2) is 5.38 Å². The van der Waals surface area contributed by atoms with E-state index in [9.17, 15) is 4.79 Å². The highest BCUT2D eigenvalue weighted by atomic mass is 32.1. The fourth-order valence-corrected chi connectivity index (χ4v) is 3.44. The molecule has 2 unspecified atom stereocenters. The van der Waals surface area contributed by atoms with Crippen LogP contribution in [0, 0.1) is 6.92 Å². The second-order valence-electron chi connectivity index (χ2n) is 6.08. The van der Waals surface area contributed by atoms with Gasteiger partial charge in [-0.2, -0.15) is 0 Å². The highest BCUT2D eigenvalue weighted by molar-refractivity contribution is 7.09. The predicted molar refractivity (Wildman–Crippen MR) is 92.9 cm³/mol. The first-order chi connectivity index (χ1) is 11.0. The lowest BCUT2D eigenvalue weighted by molar-refractivity contribution is 0.0114. The molecule has 0 bridgehead atoms. The lowest BCUT2D eigenvalue weighted by Gasteiger charge is -2.34. The first kappa shape index (κ1) is 18.2. The molecule has 23 heavy (non-hydrogen) atoms. The summed E-state index contributed by atoms with van der Waals surface area (Å²) in [6.07, 6.45) is 1.11. The third-order valence-electron chi connectivity index (χ3n) is 4.40. The summed E-state index contributed by atoms with van der Waals surface area (Å²) in [5.74, 6) is 0. The van der Waals surface area contributed by atoms with E-state index in [1.165, 1.54) is 0 Å². The quantitative estimate of drug-likeness (QED) is 0.863. The maximum Gasteiger partial charge on any atom is 0.318 e. The monoisotopic (exact) mass is 340 g/mol. The third-order valence-corrected chi connectivity index (χ3v) is 5.46. The lowest BCUT2D eigenvalue weighted by Crippen LogP contribution is -2.49. The Hall–Kier alpha value is -1.18. The molecule has 1 aromatic heterocycles. The molecule has 0 aromatic carbocycles. The number of aromatic nitrogens is 1. The number of morpholine rings is 1. The molecule has 7 heteroatoms. The Labute approximate surface area is 142 Å². The van der Waals surface area contributed by atoms with Crippen LogP contribution in [-0.4, -0.2) is 66.8 Å². The predicted octanol–water partition coefficient (Wildman–Crippen LogP) is 2.26. The molecule has 1 saturated heterocycles. The van der Waals surface area contributed by atoms with Gasteiger partial charge in [0.25, 0.3) is 0 Å². The number of hydrogen-bond acceptors (Lipinski definition) is 5. The summed E-state index contributed by atoms with van der Waals surface area (Å²) in [5.41, 5.74) is 0.992. The number of carbonyl (C=O) groups excluding carboxylic acids is 1. The van der Waals surface area contributed by atoms with Crippen LogP contribution in [0.2, 0.25) is 0 Å². The SMILES string of the molecule is CCC(C)N(C)CCNC(=O)N1CCOCC1c1nc(C)cs1. The number of ether oxygens (including phenoxy) is 1. The van der Waals surface area contributed by atoms with E-state index in [1.807, 2.05) is 17.2 Å². The van der Waals surface area contributed by atoms with Gasteiger partial charge in [-0.1, -0.05) is 6.92 Å². The van der Waals surface area contributed by atoms with E-state index in [0.717, 1.165) is 23.7 Å². The number of amides is 2. The van der Waals surface area contributed by atoms with Crippen molar-refractivity contribution in [3.8, 4) is 0 Å². The summed E-state index contributed by atoms with van der Waals surface area (Å²) >= 11 is 1.59. The Morgan fingerprint density at radius 2 is 2.43 bits per heavy atom. The molecule has 2 atom stereocenters. The zero-order valence-electron chi connectivity index (χ0n) is 14.5. The van der Waals surface area contributed by atoms with Gasteiger partial charge in [-0.25, -0.2) is 9.78 Å². The first-order valence-corrected chi connectivity index (χ1v) is 9.15. The number of aryl methyl sites for hydroxylation is 1. The number of likely N-dealkylation sites (N-methyl/N-ethyl adjacent to an activating group) is 1. The van der Waals surface area contributed by atoms with Gasteiger partial charge in [0.05, 0.1) is 13.2 Å². The molecule has 1 aromatic rings.